The first-order valence-electron chi connectivity index (χ1n) is 10.5. The second-order valence-corrected chi connectivity index (χ2v) is 8.82. The highest BCUT2D eigenvalue weighted by molar-refractivity contribution is 6.42. The molecule has 0 bridgehead atoms. The van der Waals surface area contributed by atoms with E-state index in [2.05, 4.69) is 56.4 Å². The summed E-state index contributed by atoms with van der Waals surface area (Å²) in [7, 11) is 2.16. The van der Waals surface area contributed by atoms with Crippen molar-refractivity contribution < 1.29 is 4.79 Å². The van der Waals surface area contributed by atoms with Crippen LogP contribution < -0.4 is 10.2 Å². The zero-order valence-corrected chi connectivity index (χ0v) is 19.4. The maximum Gasteiger partial charge on any atom is 0.229 e. The van der Waals surface area contributed by atoms with E-state index in [-0.39, 0.29) is 12.3 Å². The van der Waals surface area contributed by atoms with Crippen molar-refractivity contribution in [2.45, 2.75) is 12.8 Å². The van der Waals surface area contributed by atoms with Gasteiger partial charge in [-0.05, 0) is 42.4 Å². The van der Waals surface area contributed by atoms with Crippen LogP contribution in [-0.2, 0) is 17.6 Å². The number of carbonyl (C=O) groups excluding carboxylic acids is 1. The SMILES string of the molecule is CN1CCN(c2ccc(Cc3cc(NC(=O)Cc4ccc(Cl)c(Cl)c4)ncn3)cc2)CC1. The summed E-state index contributed by atoms with van der Waals surface area (Å²) in [6.45, 7) is 4.27. The van der Waals surface area contributed by atoms with Crippen LogP contribution in [-0.4, -0.2) is 54.0 Å². The van der Waals surface area contributed by atoms with Gasteiger partial charge in [0, 0.05) is 44.4 Å². The molecule has 1 amide bonds. The van der Waals surface area contributed by atoms with Gasteiger partial charge in [0.2, 0.25) is 5.91 Å². The molecule has 0 unspecified atom stereocenters. The molecular weight excluding hydrogens is 445 g/mol. The lowest BCUT2D eigenvalue weighted by atomic mass is 10.1. The second kappa shape index (κ2) is 10.3. The maximum absolute atomic E-state index is 12.4. The van der Waals surface area contributed by atoms with Crippen LogP contribution in [0.25, 0.3) is 0 Å². The van der Waals surface area contributed by atoms with Gasteiger partial charge in [0.15, 0.2) is 0 Å². The van der Waals surface area contributed by atoms with Gasteiger partial charge >= 0.3 is 0 Å². The number of halogens is 2. The summed E-state index contributed by atoms with van der Waals surface area (Å²) >= 11 is 12.0. The number of amides is 1. The Morgan fingerprint density at radius 2 is 1.66 bits per heavy atom. The minimum Gasteiger partial charge on any atom is -0.369 e. The highest BCUT2D eigenvalue weighted by Gasteiger charge is 2.14. The van der Waals surface area contributed by atoms with Crippen LogP contribution in [0.1, 0.15) is 16.8 Å². The number of hydrogen-bond acceptors (Lipinski definition) is 5. The van der Waals surface area contributed by atoms with Crippen molar-refractivity contribution in [2.75, 3.05) is 43.4 Å². The number of piperazine rings is 1. The first-order valence-corrected chi connectivity index (χ1v) is 11.3. The van der Waals surface area contributed by atoms with Gasteiger partial charge in [0.25, 0.3) is 0 Å². The van der Waals surface area contributed by atoms with Gasteiger partial charge in [-0.15, -0.1) is 0 Å². The molecule has 0 aliphatic carbocycles. The Bertz CT molecular complexity index is 1080. The third-order valence-corrected chi connectivity index (χ3v) is 6.27. The maximum atomic E-state index is 12.4. The van der Waals surface area contributed by atoms with Gasteiger partial charge < -0.3 is 15.1 Å². The molecule has 1 fully saturated rings. The molecule has 4 rings (SSSR count). The topological polar surface area (TPSA) is 61.4 Å². The summed E-state index contributed by atoms with van der Waals surface area (Å²) in [4.78, 5) is 25.7. The van der Waals surface area contributed by atoms with Crippen molar-refractivity contribution in [3.05, 3.63) is 81.7 Å². The van der Waals surface area contributed by atoms with E-state index in [4.69, 9.17) is 23.2 Å². The number of carbonyl (C=O) groups is 1. The number of likely N-dealkylation sites (N-methyl/N-ethyl adjacent to an activating group) is 1. The standard InChI is InChI=1S/C24H25Cl2N5O/c1-30-8-10-31(11-9-30)20-5-2-17(3-6-20)12-19-15-23(28-16-27-19)29-24(32)14-18-4-7-21(25)22(26)13-18/h2-7,13,15-16H,8-12,14H2,1H3,(H,27,28,29,32). The molecule has 6 nitrogen and oxygen atoms in total. The van der Waals surface area contributed by atoms with Crippen LogP contribution in [0.5, 0.6) is 0 Å². The third kappa shape index (κ3) is 5.97. The Morgan fingerprint density at radius 3 is 2.38 bits per heavy atom. The molecule has 0 atom stereocenters. The third-order valence-electron chi connectivity index (χ3n) is 5.53. The molecule has 1 aliphatic rings. The lowest BCUT2D eigenvalue weighted by Gasteiger charge is -2.34. The second-order valence-electron chi connectivity index (χ2n) is 8.00. The molecular formula is C24H25Cl2N5O. The van der Waals surface area contributed by atoms with E-state index in [1.165, 1.54) is 12.0 Å². The lowest BCUT2D eigenvalue weighted by Crippen LogP contribution is -2.44. The monoisotopic (exact) mass is 469 g/mol. The number of nitrogens with zero attached hydrogens (tertiary/aromatic N) is 4. The molecule has 1 aromatic heterocycles. The van der Waals surface area contributed by atoms with Gasteiger partial charge in [-0.3, -0.25) is 4.79 Å². The first-order chi connectivity index (χ1) is 15.5. The number of aromatic nitrogens is 2. The van der Waals surface area contributed by atoms with E-state index in [1.54, 1.807) is 24.3 Å². The van der Waals surface area contributed by atoms with Crippen LogP contribution in [0.2, 0.25) is 10.0 Å². The number of nitrogens with one attached hydrogen (secondary N) is 1. The fraction of sp³-hybridized carbons (Fsp3) is 0.292. The smallest absolute Gasteiger partial charge is 0.229 e. The van der Waals surface area contributed by atoms with Crippen molar-refractivity contribution in [1.29, 1.82) is 0 Å². The molecule has 1 saturated heterocycles. The summed E-state index contributed by atoms with van der Waals surface area (Å²) in [5.74, 6) is 0.304. The summed E-state index contributed by atoms with van der Waals surface area (Å²) < 4.78 is 0. The first kappa shape index (κ1) is 22.5. The Morgan fingerprint density at radius 1 is 0.938 bits per heavy atom. The molecule has 0 saturated carbocycles. The van der Waals surface area contributed by atoms with Crippen LogP contribution in [0.15, 0.2) is 54.9 Å². The van der Waals surface area contributed by atoms with Gasteiger partial charge in [-0.2, -0.15) is 0 Å². The van der Waals surface area contributed by atoms with Crippen LogP contribution in [0.3, 0.4) is 0 Å². The molecule has 2 aromatic carbocycles. The van der Waals surface area contributed by atoms with Crippen molar-refractivity contribution in [3.63, 3.8) is 0 Å². The zero-order chi connectivity index (χ0) is 22.5. The number of anilines is 2. The highest BCUT2D eigenvalue weighted by Crippen LogP contribution is 2.23. The van der Waals surface area contributed by atoms with Gasteiger partial charge in [-0.25, -0.2) is 9.97 Å². The normalized spacial score (nSPS) is 14.4. The predicted molar refractivity (Wildman–Crippen MR) is 130 cm³/mol. The molecule has 1 aliphatic heterocycles. The van der Waals surface area contributed by atoms with Gasteiger partial charge in [0.05, 0.1) is 22.2 Å². The van der Waals surface area contributed by atoms with Crippen LogP contribution >= 0.6 is 23.2 Å². The number of hydrogen-bond donors (Lipinski definition) is 1. The van der Waals surface area contributed by atoms with Gasteiger partial charge in [-0.1, -0.05) is 41.4 Å². The number of benzene rings is 2. The summed E-state index contributed by atoms with van der Waals surface area (Å²) in [6.07, 6.45) is 2.33. The van der Waals surface area contributed by atoms with E-state index < -0.39 is 0 Å². The van der Waals surface area contributed by atoms with E-state index in [9.17, 15) is 4.79 Å². The molecule has 1 N–H and O–H groups in total. The summed E-state index contributed by atoms with van der Waals surface area (Å²) in [5, 5.41) is 3.73. The summed E-state index contributed by atoms with van der Waals surface area (Å²) in [6, 6.07) is 15.6. The van der Waals surface area contributed by atoms with E-state index in [0.717, 1.165) is 43.0 Å². The van der Waals surface area contributed by atoms with Crippen molar-refractivity contribution in [1.82, 2.24) is 14.9 Å². The van der Waals surface area contributed by atoms with Crippen molar-refractivity contribution in [2.24, 2.45) is 0 Å². The minimum atomic E-state index is -0.176. The minimum absolute atomic E-state index is 0.176. The fourth-order valence-electron chi connectivity index (χ4n) is 3.68. The summed E-state index contributed by atoms with van der Waals surface area (Å²) in [5.41, 5.74) is 4.04. The van der Waals surface area contributed by atoms with Crippen molar-refractivity contribution in [3.8, 4) is 0 Å². The molecule has 166 valence electrons. The molecule has 8 heteroatoms. The Balaban J connectivity index is 1.35. The molecule has 0 spiro atoms. The Labute approximate surface area is 198 Å². The average molecular weight is 470 g/mol. The number of rotatable bonds is 6. The molecule has 0 radical (unpaired) electrons. The zero-order valence-electron chi connectivity index (χ0n) is 17.9. The predicted octanol–water partition coefficient (Wildman–Crippen LogP) is 4.31. The van der Waals surface area contributed by atoms with E-state index >= 15 is 0 Å². The molecule has 32 heavy (non-hydrogen) atoms. The van der Waals surface area contributed by atoms with E-state index in [0.29, 0.717) is 22.3 Å². The van der Waals surface area contributed by atoms with Crippen LogP contribution in [0, 0.1) is 0 Å². The fourth-order valence-corrected chi connectivity index (χ4v) is 4.00. The van der Waals surface area contributed by atoms with Gasteiger partial charge in [0.1, 0.15) is 12.1 Å². The van der Waals surface area contributed by atoms with E-state index in [1.807, 2.05) is 0 Å². The molecule has 3 aromatic rings. The van der Waals surface area contributed by atoms with Crippen molar-refractivity contribution >= 4 is 40.6 Å². The van der Waals surface area contributed by atoms with Crippen LogP contribution in [0.4, 0.5) is 11.5 Å². The highest BCUT2D eigenvalue weighted by atomic mass is 35.5. The quantitative estimate of drug-likeness (QED) is 0.582. The largest absolute Gasteiger partial charge is 0.369 e. The Hall–Kier alpha value is -2.67. The lowest BCUT2D eigenvalue weighted by molar-refractivity contribution is -0.115. The Kier molecular flexibility index (Phi) is 7.25. The molecule has 2 heterocycles. The average Bonchev–Trinajstić information content (AvgIpc) is 2.78.